The first kappa shape index (κ1) is 11.6. The molecule has 0 unspecified atom stereocenters. The summed E-state index contributed by atoms with van der Waals surface area (Å²) in [6.45, 7) is 6.82. The summed E-state index contributed by atoms with van der Waals surface area (Å²) in [6.07, 6.45) is 3.24. The Bertz CT molecular complexity index is 224. The van der Waals surface area contributed by atoms with Crippen LogP contribution in [0.3, 0.4) is 0 Å². The molecule has 14 heavy (non-hydrogen) atoms. The molecule has 0 spiro atoms. The summed E-state index contributed by atoms with van der Waals surface area (Å²) >= 11 is 1.69. The van der Waals surface area contributed by atoms with Gasteiger partial charge in [-0.3, -0.25) is 0 Å². The van der Waals surface area contributed by atoms with Gasteiger partial charge >= 0.3 is 0 Å². The maximum Gasteiger partial charge on any atom is 0.106 e. The van der Waals surface area contributed by atoms with Gasteiger partial charge in [-0.25, -0.2) is 4.98 Å². The van der Waals surface area contributed by atoms with E-state index < -0.39 is 0 Å². The van der Waals surface area contributed by atoms with Gasteiger partial charge in [0.15, 0.2) is 0 Å². The predicted octanol–water partition coefficient (Wildman–Crippen LogP) is 2.05. The third-order valence-electron chi connectivity index (χ3n) is 1.71. The van der Waals surface area contributed by atoms with Gasteiger partial charge in [0.05, 0.1) is 6.10 Å². The highest BCUT2D eigenvalue weighted by Gasteiger charge is 1.95. The topological polar surface area (TPSA) is 34.1 Å². The molecule has 0 aliphatic heterocycles. The van der Waals surface area contributed by atoms with Crippen molar-refractivity contribution >= 4 is 11.3 Å². The third kappa shape index (κ3) is 5.32. The van der Waals surface area contributed by atoms with Gasteiger partial charge in [0.25, 0.3) is 0 Å². The molecule has 0 atom stereocenters. The predicted molar refractivity (Wildman–Crippen MR) is 59.5 cm³/mol. The molecule has 1 N–H and O–H groups in total. The van der Waals surface area contributed by atoms with Crippen LogP contribution in [0.4, 0.5) is 0 Å². The molecular weight excluding hydrogens is 196 g/mol. The van der Waals surface area contributed by atoms with E-state index in [0.29, 0.717) is 6.10 Å². The van der Waals surface area contributed by atoms with Crippen molar-refractivity contribution in [2.75, 3.05) is 13.2 Å². The number of nitrogens with zero attached hydrogens (tertiary/aromatic N) is 1. The van der Waals surface area contributed by atoms with Crippen LogP contribution >= 0.6 is 11.3 Å². The zero-order chi connectivity index (χ0) is 10.2. The fourth-order valence-electron chi connectivity index (χ4n) is 1.05. The van der Waals surface area contributed by atoms with Crippen molar-refractivity contribution in [3.8, 4) is 0 Å². The zero-order valence-electron chi connectivity index (χ0n) is 8.82. The molecule has 1 rings (SSSR count). The van der Waals surface area contributed by atoms with E-state index in [1.807, 2.05) is 11.6 Å². The van der Waals surface area contributed by atoms with Gasteiger partial charge in [-0.1, -0.05) is 0 Å². The lowest BCUT2D eigenvalue weighted by atomic mass is 10.4. The molecule has 0 radical (unpaired) electrons. The van der Waals surface area contributed by atoms with Crippen LogP contribution in [0.15, 0.2) is 11.6 Å². The molecular formula is C10H18N2OS. The molecule has 3 nitrogen and oxygen atoms in total. The molecule has 0 bridgehead atoms. The van der Waals surface area contributed by atoms with E-state index in [9.17, 15) is 0 Å². The highest BCUT2D eigenvalue weighted by molar-refractivity contribution is 7.09. The Hall–Kier alpha value is -0.450. The summed E-state index contributed by atoms with van der Waals surface area (Å²) in [4.78, 5) is 4.19. The van der Waals surface area contributed by atoms with Crippen LogP contribution in [0.5, 0.6) is 0 Å². The van der Waals surface area contributed by atoms with E-state index in [1.165, 1.54) is 0 Å². The molecule has 0 fully saturated rings. The van der Waals surface area contributed by atoms with Crippen molar-refractivity contribution in [2.45, 2.75) is 32.9 Å². The fraction of sp³-hybridized carbons (Fsp3) is 0.700. The van der Waals surface area contributed by atoms with Crippen LogP contribution in [0.1, 0.15) is 25.3 Å². The smallest absolute Gasteiger partial charge is 0.106 e. The van der Waals surface area contributed by atoms with Gasteiger partial charge in [-0.2, -0.15) is 0 Å². The average Bonchev–Trinajstić information content (AvgIpc) is 2.63. The first-order valence-corrected chi connectivity index (χ1v) is 5.87. The highest BCUT2D eigenvalue weighted by Crippen LogP contribution is 2.02. The summed E-state index contributed by atoms with van der Waals surface area (Å²) < 4.78 is 5.43. The van der Waals surface area contributed by atoms with E-state index in [-0.39, 0.29) is 0 Å². The number of hydrogen-bond donors (Lipinski definition) is 1. The highest BCUT2D eigenvalue weighted by atomic mass is 32.1. The molecule has 1 aromatic heterocycles. The lowest BCUT2D eigenvalue weighted by molar-refractivity contribution is 0.0770. The third-order valence-corrected chi connectivity index (χ3v) is 2.49. The Morgan fingerprint density at radius 1 is 1.57 bits per heavy atom. The van der Waals surface area contributed by atoms with Crippen molar-refractivity contribution in [2.24, 2.45) is 0 Å². The minimum absolute atomic E-state index is 0.342. The number of rotatable bonds is 7. The quantitative estimate of drug-likeness (QED) is 0.705. The summed E-state index contributed by atoms with van der Waals surface area (Å²) in [5, 5.41) is 6.48. The standard InChI is InChI=1S/C10H18N2OS/c1-9(2)13-6-3-4-11-8-10-12-5-7-14-10/h5,7,9,11H,3-4,6,8H2,1-2H3. The second-order valence-corrected chi connectivity index (χ2v) is 4.35. The molecule has 1 aromatic rings. The van der Waals surface area contributed by atoms with Crippen LogP contribution in [-0.2, 0) is 11.3 Å². The van der Waals surface area contributed by atoms with Gasteiger partial charge in [-0.05, 0) is 26.8 Å². The van der Waals surface area contributed by atoms with Crippen LogP contribution in [0, 0.1) is 0 Å². The number of ether oxygens (including phenoxy) is 1. The van der Waals surface area contributed by atoms with Crippen LogP contribution in [0.25, 0.3) is 0 Å². The van der Waals surface area contributed by atoms with E-state index in [0.717, 1.165) is 31.1 Å². The monoisotopic (exact) mass is 214 g/mol. The van der Waals surface area contributed by atoms with E-state index in [2.05, 4.69) is 24.1 Å². The summed E-state index contributed by atoms with van der Waals surface area (Å²) in [6, 6.07) is 0. The van der Waals surface area contributed by atoms with Crippen LogP contribution in [-0.4, -0.2) is 24.2 Å². The van der Waals surface area contributed by atoms with Gasteiger partial charge in [0.1, 0.15) is 5.01 Å². The normalized spacial score (nSPS) is 11.1. The van der Waals surface area contributed by atoms with Gasteiger partial charge in [0, 0.05) is 24.7 Å². The Morgan fingerprint density at radius 3 is 3.07 bits per heavy atom. The Balaban J connectivity index is 1.90. The molecule has 1 heterocycles. The maximum atomic E-state index is 5.43. The van der Waals surface area contributed by atoms with Crippen molar-refractivity contribution in [1.29, 1.82) is 0 Å². The van der Waals surface area contributed by atoms with Crippen molar-refractivity contribution in [3.05, 3.63) is 16.6 Å². The van der Waals surface area contributed by atoms with Crippen molar-refractivity contribution in [1.82, 2.24) is 10.3 Å². The number of thiazole rings is 1. The lowest BCUT2D eigenvalue weighted by Crippen LogP contribution is -2.17. The number of nitrogens with one attached hydrogen (secondary N) is 1. The van der Waals surface area contributed by atoms with Crippen molar-refractivity contribution < 1.29 is 4.74 Å². The average molecular weight is 214 g/mol. The van der Waals surface area contributed by atoms with Gasteiger partial charge in [0.2, 0.25) is 0 Å². The van der Waals surface area contributed by atoms with E-state index in [4.69, 9.17) is 4.74 Å². The molecule has 0 aliphatic carbocycles. The second kappa shape index (κ2) is 6.92. The summed E-state index contributed by atoms with van der Waals surface area (Å²) in [7, 11) is 0. The molecule has 0 saturated carbocycles. The Labute approximate surface area is 89.5 Å². The SMILES string of the molecule is CC(C)OCCCNCc1nccs1. The first-order valence-electron chi connectivity index (χ1n) is 4.99. The Kier molecular flexibility index (Phi) is 5.75. The molecule has 0 aliphatic rings. The first-order chi connectivity index (χ1) is 6.79. The van der Waals surface area contributed by atoms with Gasteiger partial charge in [-0.15, -0.1) is 11.3 Å². The number of aromatic nitrogens is 1. The van der Waals surface area contributed by atoms with Crippen LogP contribution < -0.4 is 5.32 Å². The fourth-order valence-corrected chi connectivity index (χ4v) is 1.64. The lowest BCUT2D eigenvalue weighted by Gasteiger charge is -2.07. The maximum absolute atomic E-state index is 5.43. The van der Waals surface area contributed by atoms with Gasteiger partial charge < -0.3 is 10.1 Å². The molecule has 0 amide bonds. The van der Waals surface area contributed by atoms with Crippen molar-refractivity contribution in [3.63, 3.8) is 0 Å². The Morgan fingerprint density at radius 2 is 2.43 bits per heavy atom. The second-order valence-electron chi connectivity index (χ2n) is 3.38. The summed E-state index contributed by atoms with van der Waals surface area (Å²) in [5.41, 5.74) is 0. The minimum atomic E-state index is 0.342. The van der Waals surface area contributed by atoms with Crippen LogP contribution in [0.2, 0.25) is 0 Å². The summed E-state index contributed by atoms with van der Waals surface area (Å²) in [5.74, 6) is 0. The zero-order valence-corrected chi connectivity index (χ0v) is 9.64. The largest absolute Gasteiger partial charge is 0.379 e. The number of hydrogen-bond acceptors (Lipinski definition) is 4. The molecule has 4 heteroatoms. The molecule has 0 saturated heterocycles. The van der Waals surface area contributed by atoms with E-state index in [1.54, 1.807) is 11.3 Å². The molecule has 0 aromatic carbocycles. The molecule has 80 valence electrons. The minimum Gasteiger partial charge on any atom is -0.379 e. The van der Waals surface area contributed by atoms with E-state index >= 15 is 0 Å².